The van der Waals surface area contributed by atoms with Crippen LogP contribution >= 0.6 is 11.6 Å². The van der Waals surface area contributed by atoms with E-state index in [0.717, 1.165) is 18.5 Å². The zero-order valence-electron chi connectivity index (χ0n) is 11.1. The molecule has 3 rings (SSSR count). The van der Waals surface area contributed by atoms with Crippen LogP contribution in [0.2, 0.25) is 5.15 Å². The molecular weight excluding hydrogens is 270 g/mol. The highest BCUT2D eigenvalue weighted by Crippen LogP contribution is 2.22. The van der Waals surface area contributed by atoms with Gasteiger partial charge in [0, 0.05) is 29.8 Å². The predicted molar refractivity (Wildman–Crippen MR) is 83.0 cm³/mol. The van der Waals surface area contributed by atoms with Crippen LogP contribution in [-0.2, 0) is 13.0 Å². The number of para-hydroxylation sites is 1. The lowest BCUT2D eigenvalue weighted by atomic mass is 10.1. The third kappa shape index (κ3) is 2.55. The van der Waals surface area contributed by atoms with Crippen LogP contribution in [0.15, 0.2) is 48.8 Å². The zero-order chi connectivity index (χ0) is 13.9. The number of hydrogen-bond donors (Lipinski definition) is 1. The first kappa shape index (κ1) is 13.2. The van der Waals surface area contributed by atoms with Gasteiger partial charge < -0.3 is 10.3 Å². The van der Waals surface area contributed by atoms with Crippen LogP contribution in [0.3, 0.4) is 0 Å². The Morgan fingerprint density at radius 3 is 2.75 bits per heavy atom. The van der Waals surface area contributed by atoms with E-state index in [4.69, 9.17) is 17.3 Å². The van der Waals surface area contributed by atoms with Gasteiger partial charge in [0.15, 0.2) is 0 Å². The molecule has 0 amide bonds. The second-order valence-corrected chi connectivity index (χ2v) is 5.21. The first-order valence-electron chi connectivity index (χ1n) is 6.65. The topological polar surface area (TPSA) is 43.8 Å². The lowest BCUT2D eigenvalue weighted by Crippen LogP contribution is -2.02. The van der Waals surface area contributed by atoms with E-state index in [1.165, 1.54) is 16.5 Å². The number of rotatable bonds is 4. The van der Waals surface area contributed by atoms with Crippen molar-refractivity contribution in [3.05, 3.63) is 65.1 Å². The van der Waals surface area contributed by atoms with E-state index < -0.39 is 0 Å². The fourth-order valence-electron chi connectivity index (χ4n) is 2.51. The molecule has 0 fully saturated rings. The van der Waals surface area contributed by atoms with Gasteiger partial charge in [0.2, 0.25) is 0 Å². The summed E-state index contributed by atoms with van der Waals surface area (Å²) in [4.78, 5) is 4.13. The molecule has 0 radical (unpaired) electrons. The van der Waals surface area contributed by atoms with Gasteiger partial charge in [0.1, 0.15) is 5.15 Å². The van der Waals surface area contributed by atoms with Crippen molar-refractivity contribution in [1.29, 1.82) is 0 Å². The fourth-order valence-corrected chi connectivity index (χ4v) is 2.62. The van der Waals surface area contributed by atoms with Gasteiger partial charge in [-0.25, -0.2) is 4.98 Å². The summed E-state index contributed by atoms with van der Waals surface area (Å²) in [7, 11) is 0. The van der Waals surface area contributed by atoms with Crippen molar-refractivity contribution in [2.75, 3.05) is 6.54 Å². The predicted octanol–water partition coefficient (Wildman–Crippen LogP) is 3.24. The molecule has 2 aromatic heterocycles. The highest BCUT2D eigenvalue weighted by Gasteiger charge is 2.07. The molecule has 0 aliphatic heterocycles. The van der Waals surface area contributed by atoms with Crippen molar-refractivity contribution in [2.24, 2.45) is 5.73 Å². The lowest BCUT2D eigenvalue weighted by molar-refractivity contribution is 0.823. The second-order valence-electron chi connectivity index (χ2n) is 4.83. The quantitative estimate of drug-likeness (QED) is 0.748. The van der Waals surface area contributed by atoms with E-state index in [1.54, 1.807) is 0 Å². The Kier molecular flexibility index (Phi) is 3.72. The molecule has 0 saturated heterocycles. The minimum Gasteiger partial charge on any atom is -0.343 e. The molecule has 3 nitrogen and oxygen atoms in total. The molecule has 0 aliphatic carbocycles. The summed E-state index contributed by atoms with van der Waals surface area (Å²) in [6.07, 6.45) is 4.90. The Bertz CT molecular complexity index is 716. The van der Waals surface area contributed by atoms with Crippen LogP contribution in [0.1, 0.15) is 11.1 Å². The highest BCUT2D eigenvalue weighted by molar-refractivity contribution is 6.29. The Morgan fingerprint density at radius 2 is 2.00 bits per heavy atom. The van der Waals surface area contributed by atoms with Crippen LogP contribution in [-0.4, -0.2) is 16.1 Å². The van der Waals surface area contributed by atoms with Crippen molar-refractivity contribution in [1.82, 2.24) is 9.55 Å². The summed E-state index contributed by atoms with van der Waals surface area (Å²) < 4.78 is 2.24. The molecule has 20 heavy (non-hydrogen) atoms. The summed E-state index contributed by atoms with van der Waals surface area (Å²) in [5, 5.41) is 1.80. The Labute approximate surface area is 123 Å². The van der Waals surface area contributed by atoms with E-state index in [0.29, 0.717) is 11.7 Å². The minimum absolute atomic E-state index is 0.523. The summed E-state index contributed by atoms with van der Waals surface area (Å²) in [6, 6.07) is 12.2. The number of nitrogens with two attached hydrogens (primary N) is 1. The summed E-state index contributed by atoms with van der Waals surface area (Å²) in [5.74, 6) is 0. The van der Waals surface area contributed by atoms with Crippen LogP contribution in [0, 0.1) is 0 Å². The standard InChI is InChI=1S/C16H16ClN3/c17-16-6-5-12(9-19-16)10-20-11-13(7-8-18)14-3-1-2-4-15(14)20/h1-6,9,11H,7-8,10,18H2. The summed E-state index contributed by atoms with van der Waals surface area (Å²) >= 11 is 5.82. The number of benzene rings is 1. The van der Waals surface area contributed by atoms with Gasteiger partial charge in [-0.05, 0) is 36.2 Å². The largest absolute Gasteiger partial charge is 0.343 e. The number of fused-ring (bicyclic) bond motifs is 1. The molecule has 0 spiro atoms. The molecule has 0 aliphatic rings. The van der Waals surface area contributed by atoms with Crippen LogP contribution in [0.4, 0.5) is 0 Å². The van der Waals surface area contributed by atoms with Gasteiger partial charge in [-0.2, -0.15) is 0 Å². The third-order valence-corrected chi connectivity index (χ3v) is 3.65. The first-order valence-corrected chi connectivity index (χ1v) is 7.03. The number of nitrogens with zero attached hydrogens (tertiary/aromatic N) is 2. The van der Waals surface area contributed by atoms with Gasteiger partial charge >= 0.3 is 0 Å². The van der Waals surface area contributed by atoms with Crippen molar-refractivity contribution < 1.29 is 0 Å². The zero-order valence-corrected chi connectivity index (χ0v) is 11.8. The van der Waals surface area contributed by atoms with E-state index >= 15 is 0 Å². The fraction of sp³-hybridized carbons (Fsp3) is 0.188. The average Bonchev–Trinajstić information content (AvgIpc) is 2.81. The maximum absolute atomic E-state index is 5.82. The van der Waals surface area contributed by atoms with Crippen LogP contribution in [0.25, 0.3) is 10.9 Å². The molecule has 0 unspecified atom stereocenters. The van der Waals surface area contributed by atoms with Gasteiger partial charge in [0.05, 0.1) is 0 Å². The maximum Gasteiger partial charge on any atom is 0.129 e. The first-order chi connectivity index (χ1) is 9.78. The van der Waals surface area contributed by atoms with E-state index in [2.05, 4.69) is 40.0 Å². The molecule has 3 aromatic rings. The second kappa shape index (κ2) is 5.65. The molecular formula is C16H16ClN3. The molecule has 0 saturated carbocycles. The monoisotopic (exact) mass is 285 g/mol. The Morgan fingerprint density at radius 1 is 1.15 bits per heavy atom. The normalized spacial score (nSPS) is 11.1. The number of halogens is 1. The highest BCUT2D eigenvalue weighted by atomic mass is 35.5. The van der Waals surface area contributed by atoms with Crippen LogP contribution < -0.4 is 5.73 Å². The van der Waals surface area contributed by atoms with Gasteiger partial charge in [0.25, 0.3) is 0 Å². The van der Waals surface area contributed by atoms with E-state index in [-0.39, 0.29) is 0 Å². The molecule has 2 heterocycles. The smallest absolute Gasteiger partial charge is 0.129 e. The van der Waals surface area contributed by atoms with Crippen molar-refractivity contribution in [3.63, 3.8) is 0 Å². The number of aromatic nitrogens is 2. The third-order valence-electron chi connectivity index (χ3n) is 3.43. The Balaban J connectivity index is 2.00. The minimum atomic E-state index is 0.523. The lowest BCUT2D eigenvalue weighted by Gasteiger charge is -2.05. The van der Waals surface area contributed by atoms with E-state index in [1.807, 2.05) is 18.3 Å². The number of hydrogen-bond acceptors (Lipinski definition) is 2. The van der Waals surface area contributed by atoms with Crippen molar-refractivity contribution in [2.45, 2.75) is 13.0 Å². The van der Waals surface area contributed by atoms with Gasteiger partial charge in [-0.1, -0.05) is 35.9 Å². The maximum atomic E-state index is 5.82. The Hall–Kier alpha value is -1.84. The molecule has 4 heteroatoms. The molecule has 0 bridgehead atoms. The summed E-state index contributed by atoms with van der Waals surface area (Å²) in [5.41, 5.74) is 9.35. The van der Waals surface area contributed by atoms with Gasteiger partial charge in [-0.15, -0.1) is 0 Å². The van der Waals surface area contributed by atoms with Crippen LogP contribution in [0.5, 0.6) is 0 Å². The molecule has 2 N–H and O–H groups in total. The number of pyridine rings is 1. The van der Waals surface area contributed by atoms with Gasteiger partial charge in [-0.3, -0.25) is 0 Å². The molecule has 1 aromatic carbocycles. The average molecular weight is 286 g/mol. The van der Waals surface area contributed by atoms with E-state index in [9.17, 15) is 0 Å². The SMILES string of the molecule is NCCc1cn(Cc2ccc(Cl)nc2)c2ccccc12. The van der Waals surface area contributed by atoms with Crippen molar-refractivity contribution in [3.8, 4) is 0 Å². The van der Waals surface area contributed by atoms with Crippen molar-refractivity contribution >= 4 is 22.5 Å². The molecule has 102 valence electrons. The molecule has 0 atom stereocenters. The summed E-state index contributed by atoms with van der Waals surface area (Å²) in [6.45, 7) is 1.45.